The number of amides is 1. The molecule has 0 aliphatic carbocycles. The van der Waals surface area contributed by atoms with E-state index in [9.17, 15) is 14.7 Å². The number of hydrogen-bond donors (Lipinski definition) is 3. The van der Waals surface area contributed by atoms with Crippen LogP contribution < -0.4 is 5.32 Å². The van der Waals surface area contributed by atoms with Gasteiger partial charge in [-0.05, 0) is 24.3 Å². The van der Waals surface area contributed by atoms with E-state index < -0.39 is 17.6 Å². The van der Waals surface area contributed by atoms with Gasteiger partial charge in [0.15, 0.2) is 0 Å². The molecule has 3 N–H and O–H groups in total. The standard InChI is InChI=1S/C13H8Cl2N2O4/c14-8-3-4-10(15)17-11(8)12(19)16-6-1-2-7(13(20)21)9(18)5-6/h1-5,18H,(H,16,19)(H,20,21). The summed E-state index contributed by atoms with van der Waals surface area (Å²) in [6.45, 7) is 0. The molecule has 6 nitrogen and oxygen atoms in total. The zero-order valence-electron chi connectivity index (χ0n) is 10.3. The number of pyridine rings is 1. The van der Waals surface area contributed by atoms with E-state index in [0.29, 0.717) is 0 Å². The fourth-order valence-corrected chi connectivity index (χ4v) is 1.90. The first-order chi connectivity index (χ1) is 9.88. The second-order valence-electron chi connectivity index (χ2n) is 3.96. The summed E-state index contributed by atoms with van der Waals surface area (Å²) in [6.07, 6.45) is 0. The Kier molecular flexibility index (Phi) is 4.30. The summed E-state index contributed by atoms with van der Waals surface area (Å²) in [7, 11) is 0. The molecule has 0 atom stereocenters. The van der Waals surface area contributed by atoms with Gasteiger partial charge in [0.05, 0.1) is 5.02 Å². The molecule has 108 valence electrons. The van der Waals surface area contributed by atoms with Crippen molar-refractivity contribution in [2.24, 2.45) is 0 Å². The van der Waals surface area contributed by atoms with E-state index in [0.717, 1.165) is 6.07 Å². The zero-order chi connectivity index (χ0) is 15.6. The minimum absolute atomic E-state index is 0.0778. The lowest BCUT2D eigenvalue weighted by molar-refractivity contribution is 0.0693. The number of nitrogens with one attached hydrogen (secondary N) is 1. The fraction of sp³-hybridized carbons (Fsp3) is 0. The molecule has 0 bridgehead atoms. The first kappa shape index (κ1) is 15.1. The van der Waals surface area contributed by atoms with E-state index in [-0.39, 0.29) is 27.1 Å². The Balaban J connectivity index is 2.26. The predicted molar refractivity (Wildman–Crippen MR) is 77.3 cm³/mol. The number of nitrogens with zero attached hydrogens (tertiary/aromatic N) is 1. The third-order valence-corrected chi connectivity index (χ3v) is 3.03. The lowest BCUT2D eigenvalue weighted by atomic mass is 10.2. The minimum Gasteiger partial charge on any atom is -0.507 e. The average Bonchev–Trinajstić information content (AvgIpc) is 2.41. The van der Waals surface area contributed by atoms with Gasteiger partial charge in [0, 0.05) is 11.8 Å². The number of carboxylic acids is 1. The van der Waals surface area contributed by atoms with E-state index in [1.54, 1.807) is 0 Å². The number of anilines is 1. The van der Waals surface area contributed by atoms with Crippen LogP contribution in [0.4, 0.5) is 5.69 Å². The summed E-state index contributed by atoms with van der Waals surface area (Å²) in [4.78, 5) is 26.6. The minimum atomic E-state index is -1.27. The number of carbonyl (C=O) groups excluding carboxylic acids is 1. The Hall–Kier alpha value is -2.31. The third kappa shape index (κ3) is 3.42. The normalized spacial score (nSPS) is 10.2. The summed E-state index contributed by atoms with van der Waals surface area (Å²) < 4.78 is 0. The number of carbonyl (C=O) groups is 2. The Morgan fingerprint density at radius 2 is 1.86 bits per heavy atom. The van der Waals surface area contributed by atoms with E-state index in [1.165, 1.54) is 24.3 Å². The van der Waals surface area contributed by atoms with Crippen molar-refractivity contribution in [3.8, 4) is 5.75 Å². The number of rotatable bonds is 3. The second-order valence-corrected chi connectivity index (χ2v) is 4.75. The van der Waals surface area contributed by atoms with Crippen LogP contribution >= 0.6 is 23.2 Å². The van der Waals surface area contributed by atoms with Crippen molar-refractivity contribution in [1.82, 2.24) is 4.98 Å². The molecule has 0 fully saturated rings. The predicted octanol–water partition coefficient (Wildman–Crippen LogP) is 3.04. The smallest absolute Gasteiger partial charge is 0.339 e. The van der Waals surface area contributed by atoms with Crippen molar-refractivity contribution < 1.29 is 19.8 Å². The van der Waals surface area contributed by atoms with Gasteiger partial charge in [-0.1, -0.05) is 23.2 Å². The van der Waals surface area contributed by atoms with Crippen molar-refractivity contribution in [2.45, 2.75) is 0 Å². The van der Waals surface area contributed by atoms with Crippen LogP contribution in [-0.2, 0) is 0 Å². The van der Waals surface area contributed by atoms with Crippen molar-refractivity contribution in [3.05, 3.63) is 51.8 Å². The SMILES string of the molecule is O=C(O)c1ccc(NC(=O)c2nc(Cl)ccc2Cl)cc1O. The molecule has 1 aromatic heterocycles. The molecule has 21 heavy (non-hydrogen) atoms. The number of aromatic hydroxyl groups is 1. The Labute approximate surface area is 129 Å². The first-order valence-corrected chi connectivity index (χ1v) is 6.34. The van der Waals surface area contributed by atoms with E-state index in [1.807, 2.05) is 0 Å². The highest BCUT2D eigenvalue weighted by molar-refractivity contribution is 6.35. The summed E-state index contributed by atoms with van der Waals surface area (Å²) in [5.41, 5.74) is -0.154. The van der Waals surface area contributed by atoms with Gasteiger partial charge in [-0.15, -0.1) is 0 Å². The Bertz CT molecular complexity index is 734. The molecule has 8 heteroatoms. The fourth-order valence-electron chi connectivity index (χ4n) is 1.56. The highest BCUT2D eigenvalue weighted by Gasteiger charge is 2.15. The van der Waals surface area contributed by atoms with Gasteiger partial charge in [-0.2, -0.15) is 0 Å². The molecule has 0 aliphatic heterocycles. The number of phenols is 1. The maximum absolute atomic E-state index is 12.0. The Morgan fingerprint density at radius 1 is 1.14 bits per heavy atom. The van der Waals surface area contributed by atoms with E-state index >= 15 is 0 Å². The van der Waals surface area contributed by atoms with Crippen LogP contribution in [0.3, 0.4) is 0 Å². The van der Waals surface area contributed by atoms with Crippen molar-refractivity contribution in [3.63, 3.8) is 0 Å². The van der Waals surface area contributed by atoms with Gasteiger partial charge >= 0.3 is 5.97 Å². The molecule has 0 spiro atoms. The molecular weight excluding hydrogens is 319 g/mol. The average molecular weight is 327 g/mol. The molecule has 0 saturated carbocycles. The van der Waals surface area contributed by atoms with Crippen LogP contribution in [0.25, 0.3) is 0 Å². The van der Waals surface area contributed by atoms with Crippen molar-refractivity contribution >= 4 is 40.8 Å². The number of halogens is 2. The second kappa shape index (κ2) is 5.99. The van der Waals surface area contributed by atoms with Gasteiger partial charge in [0.1, 0.15) is 22.2 Å². The highest BCUT2D eigenvalue weighted by atomic mass is 35.5. The largest absolute Gasteiger partial charge is 0.507 e. The van der Waals surface area contributed by atoms with Gasteiger partial charge in [0.2, 0.25) is 0 Å². The van der Waals surface area contributed by atoms with Crippen molar-refractivity contribution in [1.29, 1.82) is 0 Å². The van der Waals surface area contributed by atoms with Crippen molar-refractivity contribution in [2.75, 3.05) is 5.32 Å². The molecule has 2 aromatic rings. The number of carboxylic acid groups (broad SMARTS) is 1. The highest BCUT2D eigenvalue weighted by Crippen LogP contribution is 2.23. The number of aromatic nitrogens is 1. The zero-order valence-corrected chi connectivity index (χ0v) is 11.8. The maximum atomic E-state index is 12.0. The van der Waals surface area contributed by atoms with Crippen LogP contribution in [0.2, 0.25) is 10.2 Å². The monoisotopic (exact) mass is 326 g/mol. The molecule has 0 unspecified atom stereocenters. The van der Waals surface area contributed by atoms with E-state index in [2.05, 4.69) is 10.3 Å². The molecule has 1 amide bonds. The summed E-state index contributed by atoms with van der Waals surface area (Å²) >= 11 is 11.5. The lowest BCUT2D eigenvalue weighted by Crippen LogP contribution is -2.14. The molecule has 0 radical (unpaired) electrons. The summed E-state index contributed by atoms with van der Waals surface area (Å²) in [5.74, 6) is -2.37. The van der Waals surface area contributed by atoms with E-state index in [4.69, 9.17) is 28.3 Å². The third-order valence-electron chi connectivity index (χ3n) is 2.51. The first-order valence-electron chi connectivity index (χ1n) is 5.58. The molecule has 2 rings (SSSR count). The van der Waals surface area contributed by atoms with Crippen LogP contribution in [0.1, 0.15) is 20.8 Å². The molecule has 0 aliphatic rings. The van der Waals surface area contributed by atoms with Gasteiger partial charge in [-0.25, -0.2) is 9.78 Å². The van der Waals surface area contributed by atoms with Crippen LogP contribution in [0.5, 0.6) is 5.75 Å². The summed E-state index contributed by atoms with van der Waals surface area (Å²) in [6, 6.07) is 6.48. The molecule has 0 saturated heterocycles. The van der Waals surface area contributed by atoms with Crippen LogP contribution in [0, 0.1) is 0 Å². The molecule has 1 aromatic carbocycles. The van der Waals surface area contributed by atoms with Gasteiger partial charge in [-0.3, -0.25) is 4.79 Å². The lowest BCUT2D eigenvalue weighted by Gasteiger charge is -2.08. The molecule has 1 heterocycles. The number of benzene rings is 1. The summed E-state index contributed by atoms with van der Waals surface area (Å²) in [5, 5.41) is 21.0. The van der Waals surface area contributed by atoms with Gasteiger partial charge < -0.3 is 15.5 Å². The van der Waals surface area contributed by atoms with Gasteiger partial charge in [0.25, 0.3) is 5.91 Å². The number of hydrogen-bond acceptors (Lipinski definition) is 4. The number of aromatic carboxylic acids is 1. The topological polar surface area (TPSA) is 99.5 Å². The quantitative estimate of drug-likeness (QED) is 0.753. The molecular formula is C13H8Cl2N2O4. The van der Waals surface area contributed by atoms with Crippen LogP contribution in [-0.4, -0.2) is 27.1 Å². The maximum Gasteiger partial charge on any atom is 0.339 e. The Morgan fingerprint density at radius 3 is 2.48 bits per heavy atom. The van der Waals surface area contributed by atoms with Crippen LogP contribution in [0.15, 0.2) is 30.3 Å².